The highest BCUT2D eigenvalue weighted by atomic mass is 16.5. The van der Waals surface area contributed by atoms with E-state index in [2.05, 4.69) is 9.97 Å². The lowest BCUT2D eigenvalue weighted by Crippen LogP contribution is -2.39. The molecule has 0 saturated heterocycles. The van der Waals surface area contributed by atoms with Crippen LogP contribution in [0.25, 0.3) is 0 Å². The number of hydrogen-bond acceptors (Lipinski definition) is 5. The van der Waals surface area contributed by atoms with Crippen LogP contribution in [0.1, 0.15) is 48.6 Å². The van der Waals surface area contributed by atoms with Gasteiger partial charge in [-0.25, -0.2) is 9.97 Å². The minimum absolute atomic E-state index is 0.0120. The van der Waals surface area contributed by atoms with Crippen molar-refractivity contribution in [2.75, 3.05) is 0 Å². The Morgan fingerprint density at radius 3 is 2.46 bits per heavy atom. The molecule has 1 atom stereocenters. The van der Waals surface area contributed by atoms with Gasteiger partial charge in [-0.15, -0.1) is 0 Å². The number of esters is 1. The molecule has 0 radical (unpaired) electrons. The summed E-state index contributed by atoms with van der Waals surface area (Å²) < 4.78 is 5.43. The number of aliphatic hydroxyl groups is 1. The van der Waals surface area contributed by atoms with Crippen molar-refractivity contribution < 1.29 is 14.6 Å². The van der Waals surface area contributed by atoms with Crippen LogP contribution in [0.2, 0.25) is 0 Å². The zero-order chi connectivity index (χ0) is 17.0. The zero-order valence-corrected chi connectivity index (χ0v) is 13.8. The molecule has 1 unspecified atom stereocenters. The second-order valence-electron chi connectivity index (χ2n) is 6.43. The SMILES string of the molecule is Cc1ccc(C(C(=O)OCc2ncccn2)C2(O)CCCC2)cc1. The van der Waals surface area contributed by atoms with Crippen LogP contribution in [-0.2, 0) is 16.1 Å². The highest BCUT2D eigenvalue weighted by Crippen LogP contribution is 2.42. The fraction of sp³-hybridized carbons (Fsp3) is 0.421. The fourth-order valence-electron chi connectivity index (χ4n) is 3.32. The van der Waals surface area contributed by atoms with Crippen molar-refractivity contribution in [3.05, 3.63) is 59.7 Å². The molecule has 1 fully saturated rings. The summed E-state index contributed by atoms with van der Waals surface area (Å²) in [5, 5.41) is 11.0. The number of carbonyl (C=O) groups is 1. The maximum absolute atomic E-state index is 12.8. The number of aryl methyl sites for hydroxylation is 1. The van der Waals surface area contributed by atoms with Gasteiger partial charge in [0.05, 0.1) is 5.60 Å². The van der Waals surface area contributed by atoms with Gasteiger partial charge in [0.15, 0.2) is 12.4 Å². The second kappa shape index (κ2) is 7.09. The van der Waals surface area contributed by atoms with Gasteiger partial charge in [0.2, 0.25) is 0 Å². The largest absolute Gasteiger partial charge is 0.457 e. The van der Waals surface area contributed by atoms with Crippen molar-refractivity contribution in [1.29, 1.82) is 0 Å². The molecule has 5 nitrogen and oxygen atoms in total. The highest BCUT2D eigenvalue weighted by Gasteiger charge is 2.45. The number of carbonyl (C=O) groups excluding carboxylic acids is 1. The predicted molar refractivity (Wildman–Crippen MR) is 89.2 cm³/mol. The molecular weight excluding hydrogens is 304 g/mol. The molecule has 1 aliphatic rings. The van der Waals surface area contributed by atoms with Crippen molar-refractivity contribution in [3.8, 4) is 0 Å². The molecule has 0 bridgehead atoms. The Hall–Kier alpha value is -2.27. The Labute approximate surface area is 141 Å². The van der Waals surface area contributed by atoms with Gasteiger partial charge >= 0.3 is 5.97 Å². The summed E-state index contributed by atoms with van der Waals surface area (Å²) in [7, 11) is 0. The Morgan fingerprint density at radius 2 is 1.83 bits per heavy atom. The smallest absolute Gasteiger partial charge is 0.316 e. The topological polar surface area (TPSA) is 72.3 Å². The summed E-state index contributed by atoms with van der Waals surface area (Å²) in [6.45, 7) is 2.01. The first-order valence-corrected chi connectivity index (χ1v) is 8.30. The quantitative estimate of drug-likeness (QED) is 0.855. The molecule has 2 aromatic rings. The molecule has 0 spiro atoms. The first-order chi connectivity index (χ1) is 11.6. The van der Waals surface area contributed by atoms with Gasteiger partial charge in [0, 0.05) is 12.4 Å². The van der Waals surface area contributed by atoms with E-state index < -0.39 is 17.5 Å². The van der Waals surface area contributed by atoms with Crippen molar-refractivity contribution in [1.82, 2.24) is 9.97 Å². The van der Waals surface area contributed by atoms with Gasteiger partial charge in [0.25, 0.3) is 0 Å². The number of nitrogens with zero attached hydrogens (tertiary/aromatic N) is 2. The molecule has 1 aromatic heterocycles. The van der Waals surface area contributed by atoms with Crippen LogP contribution in [0.5, 0.6) is 0 Å². The Balaban J connectivity index is 1.81. The number of benzene rings is 1. The monoisotopic (exact) mass is 326 g/mol. The third-order valence-electron chi connectivity index (χ3n) is 4.62. The third-order valence-corrected chi connectivity index (χ3v) is 4.62. The molecule has 24 heavy (non-hydrogen) atoms. The van der Waals surface area contributed by atoms with Gasteiger partial charge in [0.1, 0.15) is 5.92 Å². The van der Waals surface area contributed by atoms with Crippen molar-refractivity contribution in [3.63, 3.8) is 0 Å². The molecule has 0 aliphatic heterocycles. The molecule has 5 heteroatoms. The summed E-state index contributed by atoms with van der Waals surface area (Å²) in [5.74, 6) is -0.646. The third kappa shape index (κ3) is 3.62. The van der Waals surface area contributed by atoms with Crippen LogP contribution >= 0.6 is 0 Å². The lowest BCUT2D eigenvalue weighted by molar-refractivity contribution is -0.154. The highest BCUT2D eigenvalue weighted by molar-refractivity contribution is 5.80. The van der Waals surface area contributed by atoms with Crippen LogP contribution in [0.4, 0.5) is 0 Å². The molecule has 1 aliphatic carbocycles. The van der Waals surface area contributed by atoms with E-state index in [0.717, 1.165) is 24.0 Å². The fourth-order valence-corrected chi connectivity index (χ4v) is 3.32. The van der Waals surface area contributed by atoms with Crippen LogP contribution in [-0.4, -0.2) is 26.6 Å². The summed E-state index contributed by atoms with van der Waals surface area (Å²) in [4.78, 5) is 20.9. The van der Waals surface area contributed by atoms with Gasteiger partial charge in [-0.1, -0.05) is 42.7 Å². The summed E-state index contributed by atoms with van der Waals surface area (Å²) in [5.41, 5.74) is 0.870. The van der Waals surface area contributed by atoms with Crippen LogP contribution in [0.3, 0.4) is 0 Å². The van der Waals surface area contributed by atoms with E-state index in [0.29, 0.717) is 18.7 Å². The Bertz CT molecular complexity index is 680. The van der Waals surface area contributed by atoms with E-state index in [1.165, 1.54) is 0 Å². The summed E-state index contributed by atoms with van der Waals surface area (Å²) in [6.07, 6.45) is 6.29. The number of ether oxygens (including phenoxy) is 1. The van der Waals surface area contributed by atoms with Crippen LogP contribution < -0.4 is 0 Å². The number of aromatic nitrogens is 2. The van der Waals surface area contributed by atoms with Gasteiger partial charge in [-0.05, 0) is 31.4 Å². The van der Waals surface area contributed by atoms with E-state index in [4.69, 9.17) is 4.74 Å². The standard InChI is InChI=1S/C19H22N2O3/c1-14-5-7-15(8-6-14)17(19(23)9-2-3-10-19)18(22)24-13-16-20-11-4-12-21-16/h4-8,11-12,17,23H,2-3,9-10,13H2,1H3. The van der Waals surface area contributed by atoms with Crippen LogP contribution in [0.15, 0.2) is 42.7 Å². The molecule has 1 saturated carbocycles. The average molecular weight is 326 g/mol. The zero-order valence-electron chi connectivity index (χ0n) is 13.8. The lowest BCUT2D eigenvalue weighted by Gasteiger charge is -2.31. The second-order valence-corrected chi connectivity index (χ2v) is 6.43. The molecule has 1 heterocycles. The van der Waals surface area contributed by atoms with Gasteiger partial charge < -0.3 is 9.84 Å². The number of rotatable bonds is 5. The van der Waals surface area contributed by atoms with E-state index in [9.17, 15) is 9.90 Å². The minimum Gasteiger partial charge on any atom is -0.457 e. The predicted octanol–water partition coefficient (Wildman–Crippen LogP) is 2.92. The maximum Gasteiger partial charge on any atom is 0.316 e. The van der Waals surface area contributed by atoms with Crippen molar-refractivity contribution in [2.24, 2.45) is 0 Å². The Morgan fingerprint density at radius 1 is 1.21 bits per heavy atom. The molecule has 0 amide bonds. The van der Waals surface area contributed by atoms with Crippen LogP contribution in [0, 0.1) is 6.92 Å². The summed E-state index contributed by atoms with van der Waals surface area (Å²) >= 11 is 0. The van der Waals surface area contributed by atoms with Gasteiger partial charge in [-0.3, -0.25) is 4.79 Å². The molecular formula is C19H22N2O3. The Kier molecular flexibility index (Phi) is 4.90. The molecule has 1 N–H and O–H groups in total. The normalized spacial score (nSPS) is 17.4. The summed E-state index contributed by atoms with van der Waals surface area (Å²) in [6, 6.07) is 9.41. The molecule has 3 rings (SSSR count). The average Bonchev–Trinajstić information content (AvgIpc) is 3.03. The first kappa shape index (κ1) is 16.6. The van der Waals surface area contributed by atoms with E-state index in [1.54, 1.807) is 18.5 Å². The van der Waals surface area contributed by atoms with Crippen molar-refractivity contribution in [2.45, 2.75) is 50.7 Å². The van der Waals surface area contributed by atoms with Gasteiger partial charge in [-0.2, -0.15) is 0 Å². The maximum atomic E-state index is 12.8. The molecule has 1 aromatic carbocycles. The van der Waals surface area contributed by atoms with E-state index in [-0.39, 0.29) is 6.61 Å². The minimum atomic E-state index is -1.04. The first-order valence-electron chi connectivity index (χ1n) is 8.30. The molecule has 126 valence electrons. The van der Waals surface area contributed by atoms with Crippen molar-refractivity contribution >= 4 is 5.97 Å². The lowest BCUT2D eigenvalue weighted by atomic mass is 9.80. The van der Waals surface area contributed by atoms with E-state index in [1.807, 2.05) is 31.2 Å². The van der Waals surface area contributed by atoms with E-state index >= 15 is 0 Å². The number of hydrogen-bond donors (Lipinski definition) is 1.